The molecule has 176 valence electrons. The topological polar surface area (TPSA) is 87.1 Å². The number of aliphatic hydroxyl groups is 1. The van der Waals surface area contributed by atoms with Gasteiger partial charge in [-0.2, -0.15) is 9.97 Å². The first-order valence-corrected chi connectivity index (χ1v) is 12.5. The molecule has 4 rings (SSSR count). The number of aromatic nitrogens is 4. The number of piperidine rings is 1. The summed E-state index contributed by atoms with van der Waals surface area (Å²) < 4.78 is 0. The highest BCUT2D eigenvalue weighted by molar-refractivity contribution is 6.31. The van der Waals surface area contributed by atoms with E-state index in [4.69, 9.17) is 31.7 Å². The molecule has 0 atom stereocenters. The van der Waals surface area contributed by atoms with Gasteiger partial charge in [-0.25, -0.2) is 4.98 Å². The van der Waals surface area contributed by atoms with Gasteiger partial charge in [-0.15, -0.1) is 0 Å². The van der Waals surface area contributed by atoms with Crippen molar-refractivity contribution in [1.29, 1.82) is 0 Å². The molecule has 2 aromatic heterocycles. The van der Waals surface area contributed by atoms with Gasteiger partial charge in [0.25, 0.3) is 0 Å². The molecule has 1 fully saturated rings. The Balaban J connectivity index is 1.39. The molecule has 2 N–H and O–H groups in total. The van der Waals surface area contributed by atoms with Crippen LogP contribution in [0.5, 0.6) is 0 Å². The maximum atomic E-state index is 9.03. The second kappa shape index (κ2) is 12.1. The van der Waals surface area contributed by atoms with E-state index >= 15 is 0 Å². The van der Waals surface area contributed by atoms with Crippen molar-refractivity contribution in [3.8, 4) is 0 Å². The summed E-state index contributed by atoms with van der Waals surface area (Å²) in [6, 6.07) is 7.79. The normalized spacial score (nSPS) is 14.1. The van der Waals surface area contributed by atoms with Crippen LogP contribution in [0.2, 0.25) is 5.02 Å². The van der Waals surface area contributed by atoms with Crippen LogP contribution in [0.4, 0.5) is 11.6 Å². The number of aryl methyl sites for hydroxylation is 2. The summed E-state index contributed by atoms with van der Waals surface area (Å²) in [5, 5.41) is 14.3. The average Bonchev–Trinajstić information content (AvgIpc) is 2.85. The van der Waals surface area contributed by atoms with E-state index in [1.807, 2.05) is 24.3 Å². The molecule has 7 nitrogen and oxygen atoms in total. The third-order valence-electron chi connectivity index (χ3n) is 6.01. The average molecular weight is 469 g/mol. The largest absolute Gasteiger partial charge is 0.396 e. The van der Waals surface area contributed by atoms with Gasteiger partial charge in [0, 0.05) is 61.4 Å². The monoisotopic (exact) mass is 468 g/mol. The van der Waals surface area contributed by atoms with Crippen LogP contribution < -0.4 is 10.2 Å². The molecule has 0 bridgehead atoms. The summed E-state index contributed by atoms with van der Waals surface area (Å²) in [6.07, 6.45) is 10.8. The third-order valence-corrected chi connectivity index (χ3v) is 6.25. The molecular weight excluding hydrogens is 436 g/mol. The molecule has 1 saturated heterocycles. The lowest BCUT2D eigenvalue weighted by molar-refractivity contribution is 0.283. The molecule has 1 aromatic carbocycles. The summed E-state index contributed by atoms with van der Waals surface area (Å²) >= 11 is 6.10. The fraction of sp³-hybridized carbons (Fsp3) is 0.520. The minimum absolute atomic E-state index is 0.244. The second-order valence-electron chi connectivity index (χ2n) is 8.60. The van der Waals surface area contributed by atoms with Crippen molar-refractivity contribution < 1.29 is 5.11 Å². The van der Waals surface area contributed by atoms with E-state index in [1.165, 1.54) is 19.3 Å². The fourth-order valence-electron chi connectivity index (χ4n) is 4.23. The summed E-state index contributed by atoms with van der Waals surface area (Å²) in [4.78, 5) is 21.1. The number of hydrogen-bond acceptors (Lipinski definition) is 7. The van der Waals surface area contributed by atoms with Crippen molar-refractivity contribution in [2.24, 2.45) is 0 Å². The number of fused-ring (bicyclic) bond motifs is 1. The van der Waals surface area contributed by atoms with Crippen LogP contribution in [0.3, 0.4) is 0 Å². The summed E-state index contributed by atoms with van der Waals surface area (Å²) in [5.41, 5.74) is 1.95. The first kappa shape index (κ1) is 23.6. The first-order chi connectivity index (χ1) is 16.2. The maximum Gasteiger partial charge on any atom is 0.228 e. The number of rotatable bonds is 11. The van der Waals surface area contributed by atoms with E-state index in [-0.39, 0.29) is 6.61 Å². The molecular formula is C25H33ClN6O. The summed E-state index contributed by atoms with van der Waals surface area (Å²) in [5.74, 6) is 2.58. The van der Waals surface area contributed by atoms with E-state index in [1.54, 1.807) is 6.20 Å². The molecule has 1 aliphatic rings. The fourth-order valence-corrected chi connectivity index (χ4v) is 4.40. The van der Waals surface area contributed by atoms with Crippen LogP contribution in [-0.4, -0.2) is 51.3 Å². The quantitative estimate of drug-likeness (QED) is 0.390. The van der Waals surface area contributed by atoms with E-state index in [9.17, 15) is 0 Å². The number of nitrogens with zero attached hydrogens (tertiary/aromatic N) is 5. The number of benzene rings is 1. The van der Waals surface area contributed by atoms with Gasteiger partial charge in [0.1, 0.15) is 11.6 Å². The van der Waals surface area contributed by atoms with Crippen molar-refractivity contribution >= 4 is 34.1 Å². The van der Waals surface area contributed by atoms with Gasteiger partial charge in [0.2, 0.25) is 5.95 Å². The van der Waals surface area contributed by atoms with Crippen molar-refractivity contribution in [3.05, 3.63) is 47.1 Å². The zero-order valence-corrected chi connectivity index (χ0v) is 19.9. The standard InChI is InChI=1S/C25H33ClN6O/c26-19-10-11-20-21(12-14-28-22(20)18-19)27-13-7-9-24-29-23(8-3-1-6-17-33)30-25(31-24)32-15-4-2-5-16-32/h10-12,14,18,33H,1-9,13,15-17H2,(H,27,28). The lowest BCUT2D eigenvalue weighted by Gasteiger charge is -2.27. The molecule has 1 aliphatic heterocycles. The van der Waals surface area contributed by atoms with E-state index in [2.05, 4.69) is 15.2 Å². The molecule has 33 heavy (non-hydrogen) atoms. The Morgan fingerprint density at radius 2 is 1.70 bits per heavy atom. The van der Waals surface area contributed by atoms with Crippen molar-refractivity contribution in [1.82, 2.24) is 19.9 Å². The smallest absolute Gasteiger partial charge is 0.228 e. The number of unbranched alkanes of at least 4 members (excludes halogenated alkanes) is 2. The van der Waals surface area contributed by atoms with Crippen molar-refractivity contribution in [2.75, 3.05) is 36.5 Å². The summed E-state index contributed by atoms with van der Waals surface area (Å²) in [7, 11) is 0. The Bertz CT molecular complexity index is 1040. The maximum absolute atomic E-state index is 9.03. The molecule has 0 saturated carbocycles. The number of nitrogens with one attached hydrogen (secondary N) is 1. The molecule has 3 heterocycles. The molecule has 0 spiro atoms. The van der Waals surface area contributed by atoms with Gasteiger partial charge >= 0.3 is 0 Å². The van der Waals surface area contributed by atoms with Crippen molar-refractivity contribution in [3.63, 3.8) is 0 Å². The van der Waals surface area contributed by atoms with E-state index < -0.39 is 0 Å². The van der Waals surface area contributed by atoms with Gasteiger partial charge in [0.15, 0.2) is 0 Å². The number of halogens is 1. The van der Waals surface area contributed by atoms with Crippen LogP contribution in [0.1, 0.15) is 56.6 Å². The highest BCUT2D eigenvalue weighted by Crippen LogP contribution is 2.24. The Labute approximate surface area is 200 Å². The molecule has 0 radical (unpaired) electrons. The number of anilines is 2. The lowest BCUT2D eigenvalue weighted by atomic mass is 10.1. The van der Waals surface area contributed by atoms with E-state index in [0.717, 1.165) is 92.3 Å². The molecule has 0 unspecified atom stereocenters. The highest BCUT2D eigenvalue weighted by atomic mass is 35.5. The van der Waals surface area contributed by atoms with Crippen LogP contribution >= 0.6 is 11.6 Å². The molecule has 8 heteroatoms. The zero-order valence-electron chi connectivity index (χ0n) is 19.1. The predicted octanol–water partition coefficient (Wildman–Crippen LogP) is 4.81. The van der Waals surface area contributed by atoms with Crippen LogP contribution in [0.25, 0.3) is 10.9 Å². The molecule has 3 aromatic rings. The minimum Gasteiger partial charge on any atom is -0.396 e. The van der Waals surface area contributed by atoms with Crippen molar-refractivity contribution in [2.45, 2.75) is 57.8 Å². The molecule has 0 aliphatic carbocycles. The summed E-state index contributed by atoms with van der Waals surface area (Å²) in [6.45, 7) is 3.11. The van der Waals surface area contributed by atoms with Gasteiger partial charge in [-0.3, -0.25) is 4.98 Å². The van der Waals surface area contributed by atoms with Gasteiger partial charge in [-0.05, 0) is 62.8 Å². The third kappa shape index (κ3) is 6.74. The lowest BCUT2D eigenvalue weighted by Crippen LogP contribution is -2.31. The second-order valence-corrected chi connectivity index (χ2v) is 9.04. The SMILES string of the molecule is OCCCCCc1nc(CCCNc2ccnc3cc(Cl)ccc23)nc(N2CCCCC2)n1. The Hall–Kier alpha value is -2.51. The van der Waals surface area contributed by atoms with E-state index in [0.29, 0.717) is 5.02 Å². The van der Waals surface area contributed by atoms with Crippen LogP contribution in [-0.2, 0) is 12.8 Å². The predicted molar refractivity (Wildman–Crippen MR) is 134 cm³/mol. The van der Waals surface area contributed by atoms with Gasteiger partial charge in [0.05, 0.1) is 5.52 Å². The zero-order chi connectivity index (χ0) is 22.9. The number of aliphatic hydroxyl groups excluding tert-OH is 1. The Morgan fingerprint density at radius 1 is 0.909 bits per heavy atom. The minimum atomic E-state index is 0.244. The molecule has 0 amide bonds. The Morgan fingerprint density at radius 3 is 2.48 bits per heavy atom. The highest BCUT2D eigenvalue weighted by Gasteiger charge is 2.16. The van der Waals surface area contributed by atoms with Gasteiger partial charge in [-0.1, -0.05) is 18.0 Å². The first-order valence-electron chi connectivity index (χ1n) is 12.1. The number of pyridine rings is 1. The van der Waals surface area contributed by atoms with Gasteiger partial charge < -0.3 is 15.3 Å². The van der Waals surface area contributed by atoms with Crippen LogP contribution in [0.15, 0.2) is 30.5 Å². The number of hydrogen-bond donors (Lipinski definition) is 2. The Kier molecular flexibility index (Phi) is 8.66. The van der Waals surface area contributed by atoms with Crippen LogP contribution in [0, 0.1) is 0 Å².